The van der Waals surface area contributed by atoms with E-state index in [1.807, 2.05) is 6.92 Å². The smallest absolute Gasteiger partial charge is 0.354 e. The van der Waals surface area contributed by atoms with E-state index in [1.54, 1.807) is 12.1 Å². The first kappa shape index (κ1) is 21.8. The standard InChI is InChI=1S/C17H23N7O5S/c1-13-2-4-14(5-3-13)30(27,28)22-21-17-15(24(25)26)16(19-12-20-17)18-6-7-23-8-10-29-11-9-23/h2-5,12,22H,6-11H2,1H3,(H2,18,19,20,21). The molecule has 0 saturated carbocycles. The van der Waals surface area contributed by atoms with Crippen molar-refractivity contribution >= 4 is 27.3 Å². The lowest BCUT2D eigenvalue weighted by molar-refractivity contribution is -0.383. The minimum atomic E-state index is -3.95. The fourth-order valence-corrected chi connectivity index (χ4v) is 3.66. The van der Waals surface area contributed by atoms with Gasteiger partial charge in [0.25, 0.3) is 10.0 Å². The molecule has 0 spiro atoms. The van der Waals surface area contributed by atoms with Gasteiger partial charge in [-0.1, -0.05) is 17.7 Å². The summed E-state index contributed by atoms with van der Waals surface area (Å²) in [5.41, 5.74) is 2.78. The third-order valence-electron chi connectivity index (χ3n) is 4.46. The quantitative estimate of drug-likeness (QED) is 0.378. The highest BCUT2D eigenvalue weighted by Gasteiger charge is 2.24. The van der Waals surface area contributed by atoms with Crippen LogP contribution in [0.2, 0.25) is 0 Å². The van der Waals surface area contributed by atoms with Gasteiger partial charge in [-0.05, 0) is 19.1 Å². The molecule has 0 unspecified atom stereocenters. The highest BCUT2D eigenvalue weighted by Crippen LogP contribution is 2.28. The normalized spacial score (nSPS) is 15.0. The van der Waals surface area contributed by atoms with Crippen molar-refractivity contribution in [3.63, 3.8) is 0 Å². The van der Waals surface area contributed by atoms with Crippen LogP contribution in [-0.2, 0) is 14.8 Å². The molecule has 30 heavy (non-hydrogen) atoms. The second kappa shape index (κ2) is 9.75. The van der Waals surface area contributed by atoms with E-state index in [4.69, 9.17) is 4.74 Å². The number of ether oxygens (including phenoxy) is 1. The van der Waals surface area contributed by atoms with Crippen molar-refractivity contribution in [1.82, 2.24) is 19.7 Å². The molecule has 3 rings (SSSR count). The number of hydrazine groups is 1. The second-order valence-corrected chi connectivity index (χ2v) is 8.28. The summed E-state index contributed by atoms with van der Waals surface area (Å²) < 4.78 is 30.1. The van der Waals surface area contributed by atoms with Crippen molar-refractivity contribution in [2.45, 2.75) is 11.8 Å². The van der Waals surface area contributed by atoms with E-state index in [0.29, 0.717) is 26.3 Å². The van der Waals surface area contributed by atoms with E-state index in [2.05, 4.69) is 30.4 Å². The van der Waals surface area contributed by atoms with Gasteiger partial charge in [0.1, 0.15) is 6.33 Å². The van der Waals surface area contributed by atoms with Gasteiger partial charge in [0.15, 0.2) is 0 Å². The molecular formula is C17H23N7O5S. The van der Waals surface area contributed by atoms with Crippen LogP contribution in [0.25, 0.3) is 0 Å². The van der Waals surface area contributed by atoms with Crippen molar-refractivity contribution in [2.24, 2.45) is 0 Å². The number of morpholine rings is 1. The van der Waals surface area contributed by atoms with Crippen molar-refractivity contribution < 1.29 is 18.1 Å². The van der Waals surface area contributed by atoms with Gasteiger partial charge in [0, 0.05) is 26.2 Å². The summed E-state index contributed by atoms with van der Waals surface area (Å²) in [6.07, 6.45) is 1.12. The minimum absolute atomic E-state index is 0.000272. The first-order chi connectivity index (χ1) is 14.4. The third kappa shape index (κ3) is 5.60. The van der Waals surface area contributed by atoms with Crippen LogP contribution < -0.4 is 15.6 Å². The van der Waals surface area contributed by atoms with Gasteiger partial charge >= 0.3 is 5.69 Å². The van der Waals surface area contributed by atoms with Crippen LogP contribution in [0.3, 0.4) is 0 Å². The molecule has 12 nitrogen and oxygen atoms in total. The summed E-state index contributed by atoms with van der Waals surface area (Å²) >= 11 is 0. The zero-order valence-corrected chi connectivity index (χ0v) is 17.2. The van der Waals surface area contributed by atoms with Crippen LogP contribution >= 0.6 is 0 Å². The summed E-state index contributed by atoms with van der Waals surface area (Å²) in [6.45, 7) is 5.81. The molecule has 1 saturated heterocycles. The number of hydrogen-bond acceptors (Lipinski definition) is 10. The lowest BCUT2D eigenvalue weighted by atomic mass is 10.2. The average Bonchev–Trinajstić information content (AvgIpc) is 2.73. The molecule has 1 aliphatic heterocycles. The number of aryl methyl sites for hydroxylation is 1. The van der Waals surface area contributed by atoms with E-state index < -0.39 is 20.6 Å². The van der Waals surface area contributed by atoms with Crippen molar-refractivity contribution in [3.8, 4) is 0 Å². The first-order valence-corrected chi connectivity index (χ1v) is 10.7. The molecule has 0 atom stereocenters. The molecule has 162 valence electrons. The van der Waals surface area contributed by atoms with Gasteiger partial charge in [0.05, 0.1) is 23.0 Å². The average molecular weight is 437 g/mol. The Bertz CT molecular complexity index is 978. The highest BCUT2D eigenvalue weighted by atomic mass is 32.2. The Morgan fingerprint density at radius 2 is 1.83 bits per heavy atom. The van der Waals surface area contributed by atoms with Gasteiger partial charge in [-0.25, -0.2) is 18.4 Å². The summed E-state index contributed by atoms with van der Waals surface area (Å²) in [7, 11) is -3.95. The number of nitrogens with zero attached hydrogens (tertiary/aromatic N) is 4. The van der Waals surface area contributed by atoms with Crippen LogP contribution in [0.1, 0.15) is 5.56 Å². The molecule has 0 aliphatic carbocycles. The topological polar surface area (TPSA) is 152 Å². The number of aromatic nitrogens is 2. The zero-order chi connectivity index (χ0) is 21.6. The maximum absolute atomic E-state index is 12.4. The zero-order valence-electron chi connectivity index (χ0n) is 16.4. The fourth-order valence-electron chi connectivity index (χ4n) is 2.82. The number of anilines is 2. The second-order valence-electron chi connectivity index (χ2n) is 6.60. The predicted molar refractivity (Wildman–Crippen MR) is 110 cm³/mol. The molecule has 2 heterocycles. The largest absolute Gasteiger partial charge is 0.379 e. The lowest BCUT2D eigenvalue weighted by Gasteiger charge is -2.26. The third-order valence-corrected chi connectivity index (χ3v) is 5.73. The molecule has 0 amide bonds. The molecular weight excluding hydrogens is 414 g/mol. The summed E-state index contributed by atoms with van der Waals surface area (Å²) in [5, 5.41) is 14.5. The number of nitrogens with one attached hydrogen (secondary N) is 3. The van der Waals surface area contributed by atoms with Gasteiger partial charge in [-0.15, -0.1) is 4.83 Å². The van der Waals surface area contributed by atoms with Crippen LogP contribution in [0.5, 0.6) is 0 Å². The number of benzene rings is 1. The van der Waals surface area contributed by atoms with Crippen LogP contribution in [0.15, 0.2) is 35.5 Å². The SMILES string of the molecule is Cc1ccc(S(=O)(=O)NNc2ncnc(NCCN3CCOCC3)c2[N+](=O)[O-])cc1. The Morgan fingerprint density at radius 1 is 1.17 bits per heavy atom. The van der Waals surface area contributed by atoms with Gasteiger partial charge < -0.3 is 10.1 Å². The maximum atomic E-state index is 12.4. The summed E-state index contributed by atoms with van der Waals surface area (Å²) in [4.78, 5) is 23.0. The van der Waals surface area contributed by atoms with Crippen molar-refractivity contribution in [1.29, 1.82) is 0 Å². The lowest BCUT2D eigenvalue weighted by Crippen LogP contribution is -2.39. The predicted octanol–water partition coefficient (Wildman–Crippen LogP) is 0.743. The molecule has 1 aromatic carbocycles. The van der Waals surface area contributed by atoms with Crippen molar-refractivity contribution in [3.05, 3.63) is 46.3 Å². The minimum Gasteiger partial charge on any atom is -0.379 e. The molecule has 3 N–H and O–H groups in total. The molecule has 0 radical (unpaired) electrons. The van der Waals surface area contributed by atoms with Crippen LogP contribution in [0.4, 0.5) is 17.3 Å². The fraction of sp³-hybridized carbons (Fsp3) is 0.412. The summed E-state index contributed by atoms with van der Waals surface area (Å²) in [6, 6.07) is 6.18. The van der Waals surface area contributed by atoms with E-state index in [-0.39, 0.29) is 16.5 Å². The van der Waals surface area contributed by atoms with E-state index >= 15 is 0 Å². The van der Waals surface area contributed by atoms with E-state index in [9.17, 15) is 18.5 Å². The van der Waals surface area contributed by atoms with E-state index in [0.717, 1.165) is 25.0 Å². The molecule has 1 aliphatic rings. The first-order valence-electron chi connectivity index (χ1n) is 9.24. The number of nitro groups is 1. The maximum Gasteiger partial charge on any atom is 0.354 e. The Hall–Kier alpha value is -2.87. The van der Waals surface area contributed by atoms with E-state index in [1.165, 1.54) is 12.1 Å². The molecule has 0 bridgehead atoms. The van der Waals surface area contributed by atoms with Crippen molar-refractivity contribution in [2.75, 3.05) is 50.1 Å². The number of rotatable bonds is 9. The van der Waals surface area contributed by atoms with Gasteiger partial charge in [-0.2, -0.15) is 0 Å². The Labute approximate surface area is 173 Å². The molecule has 13 heteroatoms. The highest BCUT2D eigenvalue weighted by molar-refractivity contribution is 7.89. The summed E-state index contributed by atoms with van der Waals surface area (Å²) in [5.74, 6) is -0.264. The number of sulfonamides is 1. The van der Waals surface area contributed by atoms with Crippen LogP contribution in [-0.4, -0.2) is 67.6 Å². The van der Waals surface area contributed by atoms with Gasteiger partial charge in [-0.3, -0.25) is 20.4 Å². The molecule has 1 fully saturated rings. The molecule has 2 aromatic rings. The Morgan fingerprint density at radius 3 is 2.50 bits per heavy atom. The Balaban J connectivity index is 1.69. The molecule has 1 aromatic heterocycles. The monoisotopic (exact) mass is 437 g/mol. The number of hydrogen-bond donors (Lipinski definition) is 3. The Kier molecular flexibility index (Phi) is 7.10. The van der Waals surface area contributed by atoms with Crippen LogP contribution in [0, 0.1) is 17.0 Å². The van der Waals surface area contributed by atoms with Gasteiger partial charge in [0.2, 0.25) is 11.6 Å².